The average molecular weight is 296 g/mol. The first kappa shape index (κ1) is 15.8. The minimum absolute atomic E-state index is 0.0103. The molecule has 0 aliphatic rings. The zero-order valence-corrected chi connectivity index (χ0v) is 13.3. The van der Waals surface area contributed by atoms with Gasteiger partial charge in [0.1, 0.15) is 11.5 Å². The molecule has 0 spiro atoms. The SMILES string of the molecule is COc1ccc(C(=O)C(C)=Cc2ccc(OC)c(C)c2)cc1. The highest BCUT2D eigenvalue weighted by Crippen LogP contribution is 2.21. The summed E-state index contributed by atoms with van der Waals surface area (Å²) < 4.78 is 10.3. The van der Waals surface area contributed by atoms with Crippen LogP contribution < -0.4 is 9.47 Å². The van der Waals surface area contributed by atoms with E-state index < -0.39 is 0 Å². The van der Waals surface area contributed by atoms with Gasteiger partial charge in [0.2, 0.25) is 0 Å². The Hall–Kier alpha value is -2.55. The summed E-state index contributed by atoms with van der Waals surface area (Å²) in [4.78, 5) is 12.4. The highest BCUT2D eigenvalue weighted by atomic mass is 16.5. The number of aryl methyl sites for hydroxylation is 1. The number of rotatable bonds is 5. The lowest BCUT2D eigenvalue weighted by molar-refractivity contribution is 0.103. The summed E-state index contributed by atoms with van der Waals surface area (Å²) in [6, 6.07) is 13.0. The monoisotopic (exact) mass is 296 g/mol. The molecule has 0 unspecified atom stereocenters. The van der Waals surface area contributed by atoms with Crippen molar-refractivity contribution in [1.82, 2.24) is 0 Å². The van der Waals surface area contributed by atoms with Gasteiger partial charge < -0.3 is 9.47 Å². The maximum absolute atomic E-state index is 12.4. The van der Waals surface area contributed by atoms with E-state index in [2.05, 4.69) is 0 Å². The van der Waals surface area contributed by atoms with Crippen LogP contribution >= 0.6 is 0 Å². The molecule has 114 valence electrons. The van der Waals surface area contributed by atoms with Crippen molar-refractivity contribution in [3.8, 4) is 11.5 Å². The predicted octanol–water partition coefficient (Wildman–Crippen LogP) is 4.30. The third-order valence-electron chi connectivity index (χ3n) is 3.51. The van der Waals surface area contributed by atoms with Crippen LogP contribution in [0.2, 0.25) is 0 Å². The van der Waals surface area contributed by atoms with E-state index in [9.17, 15) is 4.79 Å². The molecule has 2 aromatic carbocycles. The van der Waals surface area contributed by atoms with Crippen LogP contribution in [-0.2, 0) is 0 Å². The third kappa shape index (κ3) is 3.55. The van der Waals surface area contributed by atoms with Crippen LogP contribution in [-0.4, -0.2) is 20.0 Å². The molecule has 0 aliphatic carbocycles. The summed E-state index contributed by atoms with van der Waals surface area (Å²) in [6.45, 7) is 3.81. The molecule has 2 aromatic rings. The maximum atomic E-state index is 12.4. The first-order chi connectivity index (χ1) is 10.5. The van der Waals surface area contributed by atoms with Gasteiger partial charge in [-0.2, -0.15) is 0 Å². The maximum Gasteiger partial charge on any atom is 0.188 e. The van der Waals surface area contributed by atoms with E-state index in [1.54, 1.807) is 38.5 Å². The largest absolute Gasteiger partial charge is 0.497 e. The van der Waals surface area contributed by atoms with Gasteiger partial charge in [0.25, 0.3) is 0 Å². The molecule has 0 heterocycles. The van der Waals surface area contributed by atoms with Crippen LogP contribution in [0.15, 0.2) is 48.0 Å². The fourth-order valence-corrected chi connectivity index (χ4v) is 2.28. The zero-order chi connectivity index (χ0) is 16.1. The predicted molar refractivity (Wildman–Crippen MR) is 88.7 cm³/mol. The second kappa shape index (κ2) is 6.94. The van der Waals surface area contributed by atoms with Crippen molar-refractivity contribution in [3.63, 3.8) is 0 Å². The Labute approximate surface area is 131 Å². The standard InChI is InChI=1S/C19H20O3/c1-13-11-15(5-10-18(13)22-4)12-14(2)19(20)16-6-8-17(21-3)9-7-16/h5-12H,1-4H3. The van der Waals surface area contributed by atoms with Crippen LogP contribution in [0, 0.1) is 6.92 Å². The van der Waals surface area contributed by atoms with Gasteiger partial charge in [0.15, 0.2) is 5.78 Å². The first-order valence-corrected chi connectivity index (χ1v) is 7.07. The highest BCUT2D eigenvalue weighted by molar-refractivity contribution is 6.10. The molecule has 3 nitrogen and oxygen atoms in total. The van der Waals surface area contributed by atoms with Gasteiger partial charge in [-0.1, -0.05) is 6.07 Å². The molecule has 0 atom stereocenters. The zero-order valence-electron chi connectivity index (χ0n) is 13.3. The molecule has 0 amide bonds. The van der Waals surface area contributed by atoms with Crippen molar-refractivity contribution in [2.45, 2.75) is 13.8 Å². The minimum Gasteiger partial charge on any atom is -0.497 e. The van der Waals surface area contributed by atoms with Crippen LogP contribution in [0.25, 0.3) is 6.08 Å². The molecule has 3 heteroatoms. The Bertz CT molecular complexity index is 697. The fourth-order valence-electron chi connectivity index (χ4n) is 2.28. The summed E-state index contributed by atoms with van der Waals surface area (Å²) in [5.74, 6) is 1.59. The van der Waals surface area contributed by atoms with E-state index in [1.165, 1.54) is 0 Å². The molecule has 0 N–H and O–H groups in total. The Morgan fingerprint density at radius 3 is 2.23 bits per heavy atom. The molecule has 0 aromatic heterocycles. The van der Waals surface area contributed by atoms with E-state index in [0.29, 0.717) is 11.1 Å². The van der Waals surface area contributed by atoms with Crippen LogP contribution in [0.5, 0.6) is 11.5 Å². The van der Waals surface area contributed by atoms with Crippen molar-refractivity contribution >= 4 is 11.9 Å². The third-order valence-corrected chi connectivity index (χ3v) is 3.51. The molecule has 0 radical (unpaired) electrons. The number of hydrogen-bond donors (Lipinski definition) is 0. The van der Waals surface area contributed by atoms with Gasteiger partial charge in [0, 0.05) is 5.56 Å². The van der Waals surface area contributed by atoms with Crippen molar-refractivity contribution in [2.75, 3.05) is 14.2 Å². The van der Waals surface area contributed by atoms with Gasteiger partial charge in [-0.15, -0.1) is 0 Å². The number of benzene rings is 2. The Kier molecular flexibility index (Phi) is 4.99. The average Bonchev–Trinajstić information content (AvgIpc) is 2.54. The Morgan fingerprint density at radius 1 is 1.00 bits per heavy atom. The number of carbonyl (C=O) groups excluding carboxylic acids is 1. The van der Waals surface area contributed by atoms with Gasteiger partial charge >= 0.3 is 0 Å². The highest BCUT2D eigenvalue weighted by Gasteiger charge is 2.08. The number of allylic oxidation sites excluding steroid dienone is 1. The summed E-state index contributed by atoms with van der Waals surface area (Å²) in [5, 5.41) is 0. The fraction of sp³-hybridized carbons (Fsp3) is 0.211. The lowest BCUT2D eigenvalue weighted by Crippen LogP contribution is -2.00. The van der Waals surface area contributed by atoms with E-state index in [4.69, 9.17) is 9.47 Å². The number of carbonyl (C=O) groups is 1. The number of ketones is 1. The number of methoxy groups -OCH3 is 2. The number of hydrogen-bond acceptors (Lipinski definition) is 3. The van der Waals surface area contributed by atoms with E-state index in [0.717, 1.165) is 22.6 Å². The molecule has 0 bridgehead atoms. The smallest absolute Gasteiger partial charge is 0.188 e. The van der Waals surface area contributed by atoms with Crippen molar-refractivity contribution < 1.29 is 14.3 Å². The van der Waals surface area contributed by atoms with Crippen LogP contribution in [0.1, 0.15) is 28.4 Å². The second-order valence-corrected chi connectivity index (χ2v) is 5.11. The van der Waals surface area contributed by atoms with Gasteiger partial charge in [-0.25, -0.2) is 0 Å². The quantitative estimate of drug-likeness (QED) is 0.609. The van der Waals surface area contributed by atoms with Crippen LogP contribution in [0.4, 0.5) is 0 Å². The van der Waals surface area contributed by atoms with Crippen molar-refractivity contribution in [3.05, 3.63) is 64.7 Å². The van der Waals surface area contributed by atoms with E-state index in [1.807, 2.05) is 38.1 Å². The van der Waals surface area contributed by atoms with Gasteiger partial charge in [0.05, 0.1) is 14.2 Å². The lowest BCUT2D eigenvalue weighted by atomic mass is 10.0. The topological polar surface area (TPSA) is 35.5 Å². The second-order valence-electron chi connectivity index (χ2n) is 5.11. The van der Waals surface area contributed by atoms with Crippen molar-refractivity contribution in [1.29, 1.82) is 0 Å². The normalized spacial score (nSPS) is 11.2. The molecule has 0 saturated carbocycles. The first-order valence-electron chi connectivity index (χ1n) is 7.07. The number of ether oxygens (including phenoxy) is 2. The van der Waals surface area contributed by atoms with Gasteiger partial charge in [-0.05, 0) is 73.0 Å². The molecule has 0 aliphatic heterocycles. The summed E-state index contributed by atoms with van der Waals surface area (Å²) in [6.07, 6.45) is 1.89. The number of Topliss-reactive ketones (excluding diaryl/α,β-unsaturated/α-hetero) is 1. The lowest BCUT2D eigenvalue weighted by Gasteiger charge is -2.06. The van der Waals surface area contributed by atoms with Crippen molar-refractivity contribution in [2.24, 2.45) is 0 Å². The van der Waals surface area contributed by atoms with E-state index in [-0.39, 0.29) is 5.78 Å². The Balaban J connectivity index is 2.23. The molecular formula is C19H20O3. The minimum atomic E-state index is 0.0103. The van der Waals surface area contributed by atoms with Crippen LogP contribution in [0.3, 0.4) is 0 Å². The molecular weight excluding hydrogens is 276 g/mol. The Morgan fingerprint density at radius 2 is 1.68 bits per heavy atom. The molecule has 2 rings (SSSR count). The summed E-state index contributed by atoms with van der Waals surface area (Å²) in [7, 11) is 3.25. The van der Waals surface area contributed by atoms with Gasteiger partial charge in [-0.3, -0.25) is 4.79 Å². The summed E-state index contributed by atoms with van der Waals surface area (Å²) in [5.41, 5.74) is 3.37. The molecule has 0 saturated heterocycles. The van der Waals surface area contributed by atoms with E-state index >= 15 is 0 Å². The molecule has 0 fully saturated rings. The molecule has 22 heavy (non-hydrogen) atoms. The summed E-state index contributed by atoms with van der Waals surface area (Å²) >= 11 is 0.